The molecule has 1 aliphatic rings. The summed E-state index contributed by atoms with van der Waals surface area (Å²) in [6.45, 7) is 4.29. The molecule has 1 saturated heterocycles. The molecule has 1 fully saturated rings. The van der Waals surface area contributed by atoms with E-state index in [1.165, 1.54) is 18.5 Å². The predicted molar refractivity (Wildman–Crippen MR) is 108 cm³/mol. The number of carbonyl (C=O) groups is 2. The number of aromatic nitrogens is 2. The van der Waals surface area contributed by atoms with E-state index in [2.05, 4.69) is 15.3 Å². The molecule has 8 nitrogen and oxygen atoms in total. The van der Waals surface area contributed by atoms with Gasteiger partial charge in [-0.15, -0.1) is 0 Å². The van der Waals surface area contributed by atoms with E-state index >= 15 is 0 Å². The number of aromatic amines is 1. The lowest BCUT2D eigenvalue weighted by atomic mass is 10.00. The van der Waals surface area contributed by atoms with E-state index in [0.29, 0.717) is 25.9 Å². The highest BCUT2D eigenvalue weighted by molar-refractivity contribution is 5.95. The van der Waals surface area contributed by atoms with Gasteiger partial charge in [0.15, 0.2) is 17.3 Å². The second-order valence-corrected chi connectivity index (χ2v) is 7.68. The van der Waals surface area contributed by atoms with Gasteiger partial charge in [0, 0.05) is 44.4 Å². The minimum atomic E-state index is -0.832. The van der Waals surface area contributed by atoms with Crippen LogP contribution in [0, 0.1) is 17.6 Å². The zero-order valence-electron chi connectivity index (χ0n) is 17.2. The first-order valence-electron chi connectivity index (χ1n) is 10.0. The Kier molecular flexibility index (Phi) is 6.98. The highest BCUT2D eigenvalue weighted by Gasteiger charge is 2.32. The minimum Gasteiger partial charge on any atom is -0.487 e. The fraction of sp³-hybridized carbons (Fsp3) is 0.429. The van der Waals surface area contributed by atoms with E-state index < -0.39 is 29.1 Å². The predicted octanol–water partition coefficient (Wildman–Crippen LogP) is 1.87. The average Bonchev–Trinajstić information content (AvgIpc) is 2.74. The third-order valence-corrected chi connectivity index (χ3v) is 5.08. The van der Waals surface area contributed by atoms with Gasteiger partial charge < -0.3 is 19.9 Å². The molecule has 1 aliphatic heterocycles. The number of H-pyrrole nitrogens is 1. The van der Waals surface area contributed by atoms with Gasteiger partial charge in [0.1, 0.15) is 18.0 Å². The number of hydrogen-bond acceptors (Lipinski definition) is 5. The first-order chi connectivity index (χ1) is 14.8. The highest BCUT2D eigenvalue weighted by atomic mass is 19.1. The second-order valence-electron chi connectivity index (χ2n) is 7.68. The largest absolute Gasteiger partial charge is 0.487 e. The molecule has 0 radical (unpaired) electrons. The van der Waals surface area contributed by atoms with Crippen LogP contribution >= 0.6 is 0 Å². The molecule has 0 saturated carbocycles. The SMILES string of the molecule is CC(C)[C@H](NC(=O)c1ncc[nH]c1=O)C(=O)N1CCC(Oc2ccc(F)cc2F)CC1. The number of hydrogen-bond donors (Lipinski definition) is 2. The van der Waals surface area contributed by atoms with Crippen LogP contribution in [-0.2, 0) is 4.79 Å². The van der Waals surface area contributed by atoms with Crippen molar-refractivity contribution in [3.63, 3.8) is 0 Å². The molecule has 2 heterocycles. The number of nitrogens with one attached hydrogen (secondary N) is 2. The first-order valence-corrected chi connectivity index (χ1v) is 10.0. The molecule has 0 aliphatic carbocycles. The number of rotatable bonds is 6. The standard InChI is InChI=1S/C21H24F2N4O4/c1-12(2)17(26-20(29)18-19(28)25-8-7-24-18)21(30)27-9-5-14(6-10-27)31-16-4-3-13(22)11-15(16)23/h3-4,7-8,11-12,14,17H,5-6,9-10H2,1-2H3,(H,25,28)(H,26,29)/t17-/m0/s1. The van der Waals surface area contributed by atoms with Gasteiger partial charge in [-0.2, -0.15) is 0 Å². The van der Waals surface area contributed by atoms with Gasteiger partial charge in [-0.25, -0.2) is 13.8 Å². The summed E-state index contributed by atoms with van der Waals surface area (Å²) in [6.07, 6.45) is 3.21. The number of ether oxygens (including phenoxy) is 1. The van der Waals surface area contributed by atoms with Gasteiger partial charge in [0.25, 0.3) is 11.5 Å². The van der Waals surface area contributed by atoms with E-state index in [-0.39, 0.29) is 29.4 Å². The maximum absolute atomic E-state index is 13.8. The lowest BCUT2D eigenvalue weighted by Gasteiger charge is -2.35. The lowest BCUT2D eigenvalue weighted by molar-refractivity contribution is -0.136. The van der Waals surface area contributed by atoms with Gasteiger partial charge in [0.2, 0.25) is 5.91 Å². The van der Waals surface area contributed by atoms with E-state index in [9.17, 15) is 23.2 Å². The van der Waals surface area contributed by atoms with Crippen LogP contribution < -0.4 is 15.6 Å². The summed E-state index contributed by atoms with van der Waals surface area (Å²) in [5.41, 5.74) is -0.949. The van der Waals surface area contributed by atoms with E-state index in [4.69, 9.17) is 4.74 Å². The first kappa shape index (κ1) is 22.4. The van der Waals surface area contributed by atoms with Gasteiger partial charge >= 0.3 is 0 Å². The third-order valence-electron chi connectivity index (χ3n) is 5.08. The van der Waals surface area contributed by atoms with Crippen molar-refractivity contribution < 1.29 is 23.1 Å². The smallest absolute Gasteiger partial charge is 0.279 e. The Morgan fingerprint density at radius 3 is 2.58 bits per heavy atom. The molecule has 10 heteroatoms. The number of amides is 2. The van der Waals surface area contributed by atoms with Crippen molar-refractivity contribution in [1.29, 1.82) is 0 Å². The number of piperidine rings is 1. The molecule has 1 aromatic heterocycles. The highest BCUT2D eigenvalue weighted by Crippen LogP contribution is 2.23. The number of halogens is 2. The zero-order chi connectivity index (χ0) is 22.5. The summed E-state index contributed by atoms with van der Waals surface area (Å²) < 4.78 is 32.4. The summed E-state index contributed by atoms with van der Waals surface area (Å²) in [6, 6.07) is 2.29. The number of carbonyl (C=O) groups excluding carboxylic acids is 2. The van der Waals surface area contributed by atoms with Crippen molar-refractivity contribution in [3.8, 4) is 5.75 Å². The van der Waals surface area contributed by atoms with Crippen LogP contribution in [-0.4, -0.2) is 51.9 Å². The second kappa shape index (κ2) is 9.67. The fourth-order valence-electron chi connectivity index (χ4n) is 3.38. The molecule has 2 aromatic rings. The number of nitrogens with zero attached hydrogens (tertiary/aromatic N) is 2. The Morgan fingerprint density at radius 1 is 1.26 bits per heavy atom. The number of benzene rings is 1. The van der Waals surface area contributed by atoms with E-state index in [1.54, 1.807) is 18.7 Å². The van der Waals surface area contributed by atoms with Crippen molar-refractivity contribution in [2.75, 3.05) is 13.1 Å². The van der Waals surface area contributed by atoms with Crippen LogP contribution in [0.2, 0.25) is 0 Å². The molecule has 166 valence electrons. The molecule has 3 rings (SSSR count). The molecule has 0 spiro atoms. The number of likely N-dealkylation sites (tertiary alicyclic amines) is 1. The lowest BCUT2D eigenvalue weighted by Crippen LogP contribution is -2.54. The van der Waals surface area contributed by atoms with Gasteiger partial charge in [0.05, 0.1) is 0 Å². The fourth-order valence-corrected chi connectivity index (χ4v) is 3.38. The Hall–Kier alpha value is -3.30. The van der Waals surface area contributed by atoms with Crippen LogP contribution in [0.15, 0.2) is 35.4 Å². The topological polar surface area (TPSA) is 104 Å². The quantitative estimate of drug-likeness (QED) is 0.722. The molecular weight excluding hydrogens is 410 g/mol. The summed E-state index contributed by atoms with van der Waals surface area (Å²) in [5.74, 6) is -2.70. The molecule has 1 atom stereocenters. The molecule has 31 heavy (non-hydrogen) atoms. The molecule has 0 bridgehead atoms. The Labute approximate surface area is 177 Å². The summed E-state index contributed by atoms with van der Waals surface area (Å²) in [7, 11) is 0. The normalized spacial score (nSPS) is 15.6. The molecular formula is C21H24F2N4O4. The monoisotopic (exact) mass is 434 g/mol. The maximum atomic E-state index is 13.8. The van der Waals surface area contributed by atoms with Crippen molar-refractivity contribution in [3.05, 3.63) is 58.3 Å². The van der Waals surface area contributed by atoms with Gasteiger partial charge in [-0.05, 0) is 18.1 Å². The Bertz CT molecular complexity index is 1000. The van der Waals surface area contributed by atoms with Crippen molar-refractivity contribution >= 4 is 11.8 Å². The Balaban J connectivity index is 1.60. The van der Waals surface area contributed by atoms with E-state index in [0.717, 1.165) is 12.1 Å². The van der Waals surface area contributed by atoms with Crippen LogP contribution in [0.25, 0.3) is 0 Å². The van der Waals surface area contributed by atoms with Crippen LogP contribution in [0.3, 0.4) is 0 Å². The van der Waals surface area contributed by atoms with Crippen LogP contribution in [0.1, 0.15) is 37.2 Å². The van der Waals surface area contributed by atoms with Crippen LogP contribution in [0.5, 0.6) is 5.75 Å². The van der Waals surface area contributed by atoms with Crippen molar-refractivity contribution in [2.45, 2.75) is 38.8 Å². The summed E-state index contributed by atoms with van der Waals surface area (Å²) in [4.78, 5) is 45.0. The summed E-state index contributed by atoms with van der Waals surface area (Å²) in [5, 5.41) is 2.61. The van der Waals surface area contributed by atoms with Gasteiger partial charge in [-0.3, -0.25) is 14.4 Å². The molecule has 2 N–H and O–H groups in total. The van der Waals surface area contributed by atoms with Crippen molar-refractivity contribution in [1.82, 2.24) is 20.2 Å². The van der Waals surface area contributed by atoms with Crippen LogP contribution in [0.4, 0.5) is 8.78 Å². The average molecular weight is 434 g/mol. The minimum absolute atomic E-state index is 0.0286. The molecule has 1 aromatic carbocycles. The summed E-state index contributed by atoms with van der Waals surface area (Å²) >= 11 is 0. The zero-order valence-corrected chi connectivity index (χ0v) is 17.2. The molecule has 2 amide bonds. The van der Waals surface area contributed by atoms with E-state index in [1.807, 2.05) is 0 Å². The van der Waals surface area contributed by atoms with Crippen molar-refractivity contribution in [2.24, 2.45) is 5.92 Å². The maximum Gasteiger partial charge on any atom is 0.279 e. The molecule has 0 unspecified atom stereocenters. The third kappa shape index (κ3) is 5.44. The van der Waals surface area contributed by atoms with Gasteiger partial charge in [-0.1, -0.05) is 13.8 Å². The Morgan fingerprint density at radius 2 is 1.97 bits per heavy atom.